The fraction of sp³-hybridized carbons (Fsp3) is 0.308. The van der Waals surface area contributed by atoms with Gasteiger partial charge < -0.3 is 9.84 Å². The molecule has 3 heterocycles. The minimum Gasteiger partial charge on any atom is -0.507 e. The van der Waals surface area contributed by atoms with Gasteiger partial charge in [0.25, 0.3) is 5.78 Å². The Morgan fingerprint density at radius 1 is 1.15 bits per heavy atom. The Morgan fingerprint density at radius 2 is 1.88 bits per heavy atom. The van der Waals surface area contributed by atoms with E-state index < -0.39 is 17.7 Å². The molecule has 0 unspecified atom stereocenters. The molecular weight excluding hydrogens is 450 g/mol. The number of ether oxygens (including phenoxy) is 1. The van der Waals surface area contributed by atoms with E-state index >= 15 is 0 Å². The summed E-state index contributed by atoms with van der Waals surface area (Å²) in [6.45, 7) is 7.97. The fourth-order valence-electron chi connectivity index (χ4n) is 4.52. The van der Waals surface area contributed by atoms with Crippen molar-refractivity contribution < 1.29 is 19.4 Å². The molecule has 2 atom stereocenters. The van der Waals surface area contributed by atoms with Crippen LogP contribution in [0.1, 0.15) is 60.0 Å². The number of benzene rings is 2. The highest BCUT2D eigenvalue weighted by atomic mass is 32.1. The fourth-order valence-corrected chi connectivity index (χ4v) is 5.23. The molecule has 1 aromatic heterocycles. The third-order valence-electron chi connectivity index (χ3n) is 6.25. The molecule has 7 nitrogen and oxygen atoms in total. The number of aryl methyl sites for hydroxylation is 1. The normalized spacial score (nSPS) is 21.3. The van der Waals surface area contributed by atoms with Crippen LogP contribution in [0.4, 0.5) is 5.13 Å². The lowest BCUT2D eigenvalue weighted by atomic mass is 9.93. The van der Waals surface area contributed by atoms with Gasteiger partial charge in [-0.15, -0.1) is 10.2 Å². The van der Waals surface area contributed by atoms with Crippen LogP contribution in [0.3, 0.4) is 0 Å². The molecule has 34 heavy (non-hydrogen) atoms. The lowest BCUT2D eigenvalue weighted by molar-refractivity contribution is -0.132. The van der Waals surface area contributed by atoms with E-state index in [9.17, 15) is 14.7 Å². The predicted molar refractivity (Wildman–Crippen MR) is 130 cm³/mol. The van der Waals surface area contributed by atoms with Gasteiger partial charge in [0, 0.05) is 12.0 Å². The van der Waals surface area contributed by atoms with Gasteiger partial charge in [0.2, 0.25) is 5.13 Å². The number of aliphatic hydroxyl groups excluding tert-OH is 1. The van der Waals surface area contributed by atoms with Crippen molar-refractivity contribution in [2.24, 2.45) is 0 Å². The Bertz CT molecular complexity index is 1330. The lowest BCUT2D eigenvalue weighted by Crippen LogP contribution is -2.29. The van der Waals surface area contributed by atoms with E-state index in [4.69, 9.17) is 4.74 Å². The van der Waals surface area contributed by atoms with E-state index in [1.807, 2.05) is 37.3 Å². The average molecular weight is 476 g/mol. The molecule has 1 amide bonds. The molecule has 0 radical (unpaired) electrons. The zero-order valence-corrected chi connectivity index (χ0v) is 20.2. The van der Waals surface area contributed by atoms with Crippen LogP contribution in [-0.2, 0) is 16.0 Å². The Balaban J connectivity index is 1.67. The van der Waals surface area contributed by atoms with Crippen molar-refractivity contribution in [3.8, 4) is 5.75 Å². The molecular formula is C26H25N3O4S. The quantitative estimate of drug-likeness (QED) is 0.327. The van der Waals surface area contributed by atoms with Gasteiger partial charge in [-0.05, 0) is 54.7 Å². The van der Waals surface area contributed by atoms with Crippen LogP contribution in [0.25, 0.3) is 5.76 Å². The summed E-state index contributed by atoms with van der Waals surface area (Å²) < 4.78 is 5.76. The minimum atomic E-state index is -0.808. The van der Waals surface area contributed by atoms with E-state index in [0.717, 1.165) is 28.9 Å². The summed E-state index contributed by atoms with van der Waals surface area (Å²) in [4.78, 5) is 27.8. The third-order valence-corrected chi connectivity index (χ3v) is 7.09. The van der Waals surface area contributed by atoms with Crippen molar-refractivity contribution in [1.29, 1.82) is 0 Å². The van der Waals surface area contributed by atoms with Crippen LogP contribution in [0, 0.1) is 6.92 Å². The van der Waals surface area contributed by atoms with E-state index in [1.165, 1.54) is 16.2 Å². The molecule has 1 saturated heterocycles. The number of anilines is 1. The number of aliphatic hydroxyl groups is 1. The first-order valence-corrected chi connectivity index (χ1v) is 12.1. The van der Waals surface area contributed by atoms with Gasteiger partial charge in [0.05, 0.1) is 11.6 Å². The zero-order valence-electron chi connectivity index (χ0n) is 19.4. The molecule has 0 saturated carbocycles. The third kappa shape index (κ3) is 3.68. The number of ketones is 1. The summed E-state index contributed by atoms with van der Waals surface area (Å²) >= 11 is 1.23. The minimum absolute atomic E-state index is 0.0436. The maximum absolute atomic E-state index is 13.3. The van der Waals surface area contributed by atoms with Gasteiger partial charge in [0.15, 0.2) is 0 Å². The highest BCUT2D eigenvalue weighted by molar-refractivity contribution is 7.15. The van der Waals surface area contributed by atoms with Crippen LogP contribution >= 0.6 is 11.3 Å². The summed E-state index contributed by atoms with van der Waals surface area (Å²) in [6.07, 6.45) is 0.771. The van der Waals surface area contributed by atoms with E-state index in [-0.39, 0.29) is 17.4 Å². The number of aromatic nitrogens is 2. The Kier molecular flexibility index (Phi) is 5.48. The topological polar surface area (TPSA) is 92.6 Å². The summed E-state index contributed by atoms with van der Waals surface area (Å²) in [5.74, 6) is -0.568. The number of carbonyl (C=O) groups excluding carboxylic acids is 2. The largest absolute Gasteiger partial charge is 0.507 e. The number of amides is 1. The van der Waals surface area contributed by atoms with Gasteiger partial charge >= 0.3 is 5.91 Å². The van der Waals surface area contributed by atoms with Gasteiger partial charge in [-0.1, -0.05) is 49.4 Å². The molecule has 1 fully saturated rings. The number of hydrogen-bond donors (Lipinski definition) is 1. The first kappa shape index (κ1) is 22.3. The second kappa shape index (κ2) is 8.36. The number of hydrogen-bond acceptors (Lipinski definition) is 7. The van der Waals surface area contributed by atoms with Crippen molar-refractivity contribution in [1.82, 2.24) is 10.2 Å². The summed E-state index contributed by atoms with van der Waals surface area (Å²) in [6, 6.07) is 12.3. The molecule has 2 aromatic carbocycles. The molecule has 0 bridgehead atoms. The van der Waals surface area contributed by atoms with Gasteiger partial charge in [-0.2, -0.15) is 0 Å². The second-order valence-electron chi connectivity index (χ2n) is 9.05. The number of nitrogens with zero attached hydrogens (tertiary/aromatic N) is 3. The van der Waals surface area contributed by atoms with Crippen LogP contribution in [0.5, 0.6) is 5.75 Å². The molecule has 2 aliphatic heterocycles. The van der Waals surface area contributed by atoms with Crippen LogP contribution in [-0.4, -0.2) is 33.1 Å². The maximum Gasteiger partial charge on any atom is 0.301 e. The highest BCUT2D eigenvalue weighted by Gasteiger charge is 2.48. The molecule has 174 valence electrons. The number of Topliss-reactive ketones (excluding diaryl/α,β-unsaturated/α-hetero) is 1. The summed E-state index contributed by atoms with van der Waals surface area (Å²) in [5.41, 5.74) is 3.34. The number of carbonyl (C=O) groups is 2. The Hall–Kier alpha value is -3.52. The molecule has 0 aliphatic carbocycles. The lowest BCUT2D eigenvalue weighted by Gasteiger charge is -2.23. The molecule has 0 spiro atoms. The van der Waals surface area contributed by atoms with Crippen molar-refractivity contribution >= 4 is 33.9 Å². The molecule has 8 heteroatoms. The van der Waals surface area contributed by atoms with Crippen LogP contribution in [0.2, 0.25) is 0 Å². The first-order valence-electron chi connectivity index (χ1n) is 11.3. The van der Waals surface area contributed by atoms with E-state index in [1.54, 1.807) is 19.1 Å². The smallest absolute Gasteiger partial charge is 0.301 e. The summed E-state index contributed by atoms with van der Waals surface area (Å²) in [5, 5.41) is 20.5. The molecule has 1 N–H and O–H groups in total. The molecule has 5 rings (SSSR count). The van der Waals surface area contributed by atoms with Crippen molar-refractivity contribution in [2.45, 2.75) is 52.2 Å². The van der Waals surface area contributed by atoms with Crippen molar-refractivity contribution in [3.05, 3.63) is 75.3 Å². The monoisotopic (exact) mass is 475 g/mol. The SMILES string of the molecule is Cc1nnc(N2C(=O)C(=O)/C(=C(/O)c3ccc4c(c3)C[C@@H](C)O4)[C@H]2c2ccc(C(C)C)cc2)s1. The highest BCUT2D eigenvalue weighted by Crippen LogP contribution is 2.43. The Morgan fingerprint density at radius 3 is 2.53 bits per heavy atom. The summed E-state index contributed by atoms with van der Waals surface area (Å²) in [7, 11) is 0. The number of fused-ring (bicyclic) bond motifs is 1. The van der Waals surface area contributed by atoms with Crippen LogP contribution < -0.4 is 9.64 Å². The predicted octanol–water partition coefficient (Wildman–Crippen LogP) is 4.92. The zero-order chi connectivity index (χ0) is 24.1. The van der Waals surface area contributed by atoms with Crippen molar-refractivity contribution in [3.63, 3.8) is 0 Å². The van der Waals surface area contributed by atoms with Gasteiger partial charge in [-0.25, -0.2) is 0 Å². The Labute approximate surface area is 201 Å². The maximum atomic E-state index is 13.3. The molecule has 3 aromatic rings. The van der Waals surface area contributed by atoms with Gasteiger partial charge in [0.1, 0.15) is 22.6 Å². The average Bonchev–Trinajstić information content (AvgIpc) is 3.48. The van der Waals surface area contributed by atoms with Crippen LogP contribution in [0.15, 0.2) is 48.0 Å². The number of rotatable bonds is 4. The van der Waals surface area contributed by atoms with Gasteiger partial charge in [-0.3, -0.25) is 14.5 Å². The molecule has 2 aliphatic rings. The van der Waals surface area contributed by atoms with E-state index in [0.29, 0.717) is 21.6 Å². The second-order valence-corrected chi connectivity index (χ2v) is 10.2. The first-order chi connectivity index (χ1) is 16.2. The standard InChI is InChI=1S/C26H25N3O4S/c1-13(2)16-5-7-17(8-6-16)22-21(24(31)25(32)29(22)26-28-27-15(4)34-26)23(30)18-9-10-20-19(12-18)11-14(3)33-20/h5-10,12-14,22,30H,11H2,1-4H3/b23-21+/t14-,22-/m1/s1. The van der Waals surface area contributed by atoms with Crippen molar-refractivity contribution in [2.75, 3.05) is 4.90 Å². The van der Waals surface area contributed by atoms with E-state index in [2.05, 4.69) is 24.0 Å².